The van der Waals surface area contributed by atoms with Gasteiger partial charge in [0, 0.05) is 32.0 Å². The highest BCUT2D eigenvalue weighted by molar-refractivity contribution is 6.03. The first-order chi connectivity index (χ1) is 14.9. The number of hydrogen-bond acceptors (Lipinski definition) is 6. The highest BCUT2D eigenvalue weighted by atomic mass is 16.7. The smallest absolute Gasteiger partial charge is 0.328 e. The van der Waals surface area contributed by atoms with E-state index in [2.05, 4.69) is 31.0 Å². The van der Waals surface area contributed by atoms with Crippen molar-refractivity contribution < 1.29 is 19.1 Å². The van der Waals surface area contributed by atoms with E-state index in [1.807, 2.05) is 0 Å². The summed E-state index contributed by atoms with van der Waals surface area (Å²) >= 11 is 0. The second kappa shape index (κ2) is 6.50. The summed E-state index contributed by atoms with van der Waals surface area (Å²) in [4.78, 5) is 30.2. The van der Waals surface area contributed by atoms with Gasteiger partial charge in [-0.3, -0.25) is 19.8 Å². The highest BCUT2D eigenvalue weighted by Crippen LogP contribution is 2.65. The molecule has 0 aromatic heterocycles. The number of esters is 2. The van der Waals surface area contributed by atoms with Crippen molar-refractivity contribution in [1.29, 1.82) is 0 Å². The maximum absolute atomic E-state index is 13.8. The number of carbonyl (C=O) groups excluding carboxylic acids is 2. The van der Waals surface area contributed by atoms with Gasteiger partial charge in [0.25, 0.3) is 5.79 Å². The quantitative estimate of drug-likeness (QED) is 0.450. The lowest BCUT2D eigenvalue weighted by molar-refractivity contribution is -0.266. The number of cyclic esters (lactones) is 2. The third-order valence-electron chi connectivity index (χ3n) is 9.88. The second-order valence-corrected chi connectivity index (χ2v) is 13.5. The molecule has 6 aliphatic rings. The molecule has 4 heterocycles. The molecule has 1 N–H and O–H groups in total. The van der Waals surface area contributed by atoms with Crippen LogP contribution in [0.25, 0.3) is 0 Å². The van der Waals surface area contributed by atoms with E-state index in [0.717, 1.165) is 25.7 Å². The average molecular weight is 445 g/mol. The van der Waals surface area contributed by atoms with Crippen LogP contribution in [0.3, 0.4) is 0 Å². The van der Waals surface area contributed by atoms with Crippen molar-refractivity contribution in [3.05, 3.63) is 0 Å². The number of fused-ring (bicyclic) bond motifs is 9. The number of nitrogens with zero attached hydrogens (tertiary/aromatic N) is 1. The van der Waals surface area contributed by atoms with Crippen molar-refractivity contribution in [3.63, 3.8) is 0 Å². The van der Waals surface area contributed by atoms with Gasteiger partial charge in [-0.15, -0.1) is 0 Å². The van der Waals surface area contributed by atoms with Crippen LogP contribution >= 0.6 is 0 Å². The molecule has 6 nitrogen and oxygen atoms in total. The molecule has 6 heteroatoms. The van der Waals surface area contributed by atoms with Crippen LogP contribution in [0.4, 0.5) is 0 Å². The molecular weight excluding hydrogens is 404 g/mol. The average Bonchev–Trinajstić information content (AvgIpc) is 2.90. The lowest BCUT2D eigenvalue weighted by atomic mass is 9.55. The number of nitrogens with one attached hydrogen (secondary N) is 1. The fraction of sp³-hybridized carbons (Fsp3) is 0.923. The molecule has 4 aliphatic heterocycles. The Morgan fingerprint density at radius 2 is 1.59 bits per heavy atom. The predicted octanol–water partition coefficient (Wildman–Crippen LogP) is 3.98. The van der Waals surface area contributed by atoms with Gasteiger partial charge in [-0.2, -0.15) is 0 Å². The monoisotopic (exact) mass is 444 g/mol. The van der Waals surface area contributed by atoms with Crippen molar-refractivity contribution in [2.24, 2.45) is 28.1 Å². The molecule has 178 valence electrons. The summed E-state index contributed by atoms with van der Waals surface area (Å²) < 4.78 is 11.7. The maximum Gasteiger partial charge on any atom is 0.328 e. The zero-order chi connectivity index (χ0) is 22.7. The maximum atomic E-state index is 13.8. The third kappa shape index (κ3) is 2.84. The van der Waals surface area contributed by atoms with Crippen molar-refractivity contribution in [2.75, 3.05) is 0 Å². The zero-order valence-electron chi connectivity index (χ0n) is 20.4. The van der Waals surface area contributed by atoms with E-state index in [4.69, 9.17) is 9.47 Å². The Labute approximate surface area is 192 Å². The highest BCUT2D eigenvalue weighted by Gasteiger charge is 2.74. The van der Waals surface area contributed by atoms with Gasteiger partial charge >= 0.3 is 11.9 Å². The molecule has 2 saturated carbocycles. The summed E-state index contributed by atoms with van der Waals surface area (Å²) in [6.45, 7) is 10.4. The first-order valence-corrected chi connectivity index (χ1v) is 12.9. The number of rotatable bonds is 0. The van der Waals surface area contributed by atoms with Gasteiger partial charge < -0.3 is 9.47 Å². The fourth-order valence-electron chi connectivity index (χ4n) is 9.47. The van der Waals surface area contributed by atoms with E-state index < -0.39 is 11.2 Å². The minimum absolute atomic E-state index is 0.109. The topological polar surface area (TPSA) is 67.9 Å². The van der Waals surface area contributed by atoms with Crippen LogP contribution < -0.4 is 5.32 Å². The Bertz CT molecular complexity index is 833. The SMILES string of the molecule is CC1(C)C[C@@H]2C[C@](C)(C1)[C@@H]1N2C2NC3CCCCC3CC2CC12C(=O)OC(C)(C)OC2=O. The van der Waals surface area contributed by atoms with Crippen molar-refractivity contribution in [1.82, 2.24) is 10.2 Å². The minimum atomic E-state index is -1.20. The first kappa shape index (κ1) is 21.4. The van der Waals surface area contributed by atoms with Gasteiger partial charge in [0.05, 0.1) is 6.17 Å². The van der Waals surface area contributed by atoms with Crippen LogP contribution in [0.2, 0.25) is 0 Å². The molecule has 6 fully saturated rings. The standard InChI is InChI=1S/C26H40N2O4/c1-23(2)12-17-13-25(5,14-23)20-26(21(29)31-24(3,4)32-22(26)30)11-16-10-15-8-6-7-9-18(15)27-19(16)28(17)20/h15-20,27H,6-14H2,1-5H3/t15?,16?,17-,18?,19?,20+,25-/m1/s1. The van der Waals surface area contributed by atoms with E-state index in [-0.39, 0.29) is 40.9 Å². The van der Waals surface area contributed by atoms with E-state index >= 15 is 0 Å². The Kier molecular flexibility index (Phi) is 4.35. The third-order valence-corrected chi connectivity index (χ3v) is 9.88. The summed E-state index contributed by atoms with van der Waals surface area (Å²) in [6, 6.07) is 0.804. The minimum Gasteiger partial charge on any atom is -0.422 e. The van der Waals surface area contributed by atoms with Crippen LogP contribution in [-0.4, -0.2) is 46.9 Å². The second-order valence-electron chi connectivity index (χ2n) is 13.5. The van der Waals surface area contributed by atoms with Crippen LogP contribution in [0.1, 0.15) is 92.4 Å². The van der Waals surface area contributed by atoms with Gasteiger partial charge in [0.15, 0.2) is 5.41 Å². The first-order valence-electron chi connectivity index (χ1n) is 12.9. The van der Waals surface area contributed by atoms with Gasteiger partial charge in [-0.25, -0.2) is 0 Å². The molecular formula is C26H40N2O4. The van der Waals surface area contributed by atoms with Crippen LogP contribution in [0, 0.1) is 28.1 Å². The van der Waals surface area contributed by atoms with E-state index in [1.54, 1.807) is 13.8 Å². The number of ether oxygens (including phenoxy) is 2. The molecule has 0 radical (unpaired) electrons. The van der Waals surface area contributed by atoms with Crippen molar-refractivity contribution >= 4 is 11.9 Å². The summed E-state index contributed by atoms with van der Waals surface area (Å²) in [5.41, 5.74) is -1.12. The summed E-state index contributed by atoms with van der Waals surface area (Å²) in [5.74, 6) is -0.944. The Balaban J connectivity index is 1.47. The van der Waals surface area contributed by atoms with E-state index in [1.165, 1.54) is 25.7 Å². The molecule has 4 saturated heterocycles. The van der Waals surface area contributed by atoms with Crippen molar-refractivity contribution in [3.8, 4) is 0 Å². The normalized spacial score (nSPS) is 48.3. The van der Waals surface area contributed by atoms with Gasteiger partial charge in [-0.1, -0.05) is 33.6 Å². The van der Waals surface area contributed by atoms with Crippen molar-refractivity contribution in [2.45, 2.75) is 122 Å². The molecule has 1 spiro atoms. The van der Waals surface area contributed by atoms with Gasteiger partial charge in [0.2, 0.25) is 0 Å². The molecule has 2 aliphatic carbocycles. The summed E-state index contributed by atoms with van der Waals surface area (Å²) in [5, 5.41) is 4.08. The zero-order valence-corrected chi connectivity index (χ0v) is 20.4. The fourth-order valence-corrected chi connectivity index (χ4v) is 9.47. The molecule has 0 aromatic rings. The number of carbonyl (C=O) groups is 2. The summed E-state index contributed by atoms with van der Waals surface area (Å²) in [6.07, 6.45) is 10.2. The molecule has 7 atom stereocenters. The Morgan fingerprint density at radius 1 is 0.906 bits per heavy atom. The van der Waals surface area contributed by atoms with Gasteiger partial charge in [0.1, 0.15) is 0 Å². The van der Waals surface area contributed by atoms with E-state index in [0.29, 0.717) is 24.4 Å². The van der Waals surface area contributed by atoms with Crippen LogP contribution in [0.15, 0.2) is 0 Å². The number of hydrogen-bond donors (Lipinski definition) is 1. The Hall–Kier alpha value is -1.14. The largest absolute Gasteiger partial charge is 0.422 e. The lowest BCUT2D eigenvalue weighted by Gasteiger charge is -2.60. The number of piperidine rings is 2. The summed E-state index contributed by atoms with van der Waals surface area (Å²) in [7, 11) is 0. The molecule has 2 bridgehead atoms. The molecule has 0 aromatic carbocycles. The Morgan fingerprint density at radius 3 is 2.31 bits per heavy atom. The van der Waals surface area contributed by atoms with Gasteiger partial charge in [-0.05, 0) is 67.6 Å². The van der Waals surface area contributed by atoms with Crippen LogP contribution in [-0.2, 0) is 19.1 Å². The molecule has 32 heavy (non-hydrogen) atoms. The lowest BCUT2D eigenvalue weighted by Crippen LogP contribution is -2.74. The predicted molar refractivity (Wildman–Crippen MR) is 119 cm³/mol. The molecule has 4 unspecified atom stereocenters. The molecule has 6 rings (SSSR count). The van der Waals surface area contributed by atoms with Crippen LogP contribution in [0.5, 0.6) is 0 Å². The molecule has 0 amide bonds. The van der Waals surface area contributed by atoms with E-state index in [9.17, 15) is 9.59 Å².